The molecule has 1 aliphatic rings. The van der Waals surface area contributed by atoms with E-state index in [1.807, 2.05) is 0 Å². The number of hydrogen-bond acceptors (Lipinski definition) is 1. The molecule has 0 aromatic heterocycles. The molecule has 1 aromatic rings. The third-order valence-corrected chi connectivity index (χ3v) is 4.48. The van der Waals surface area contributed by atoms with E-state index in [2.05, 4.69) is 44.3 Å². The lowest BCUT2D eigenvalue weighted by atomic mass is 9.84. The first kappa shape index (κ1) is 13.6. The highest BCUT2D eigenvalue weighted by atomic mass is 14.9. The van der Waals surface area contributed by atoms with Crippen LogP contribution in [0, 0.1) is 19.8 Å². The SMILES string of the molecule is Cc1ccc(C)c(CN[C@H](C)C2CCCCC2)c1. The third kappa shape index (κ3) is 3.58. The molecular weight excluding hydrogens is 218 g/mol. The van der Waals surface area contributed by atoms with Gasteiger partial charge in [0.25, 0.3) is 0 Å². The van der Waals surface area contributed by atoms with Crippen molar-refractivity contribution in [3.8, 4) is 0 Å². The normalized spacial score (nSPS) is 18.8. The lowest BCUT2D eigenvalue weighted by molar-refractivity contribution is 0.280. The maximum atomic E-state index is 3.74. The van der Waals surface area contributed by atoms with E-state index >= 15 is 0 Å². The van der Waals surface area contributed by atoms with Gasteiger partial charge in [0.15, 0.2) is 0 Å². The van der Waals surface area contributed by atoms with Gasteiger partial charge in [0.2, 0.25) is 0 Å². The predicted octanol–water partition coefficient (Wildman–Crippen LogP) is 4.36. The fraction of sp³-hybridized carbons (Fsp3) is 0.647. The van der Waals surface area contributed by atoms with Crippen LogP contribution in [0.4, 0.5) is 0 Å². The predicted molar refractivity (Wildman–Crippen MR) is 78.8 cm³/mol. The van der Waals surface area contributed by atoms with Crippen LogP contribution in [0.25, 0.3) is 0 Å². The number of benzene rings is 1. The largest absolute Gasteiger partial charge is 0.310 e. The summed E-state index contributed by atoms with van der Waals surface area (Å²) >= 11 is 0. The van der Waals surface area contributed by atoms with Crippen molar-refractivity contribution in [2.45, 2.75) is 65.5 Å². The van der Waals surface area contributed by atoms with Crippen molar-refractivity contribution in [2.24, 2.45) is 5.92 Å². The van der Waals surface area contributed by atoms with Crippen LogP contribution in [-0.4, -0.2) is 6.04 Å². The van der Waals surface area contributed by atoms with E-state index in [0.29, 0.717) is 6.04 Å². The van der Waals surface area contributed by atoms with Gasteiger partial charge < -0.3 is 5.32 Å². The average molecular weight is 245 g/mol. The van der Waals surface area contributed by atoms with Crippen LogP contribution >= 0.6 is 0 Å². The van der Waals surface area contributed by atoms with Gasteiger partial charge in [-0.15, -0.1) is 0 Å². The molecule has 0 aliphatic heterocycles. The van der Waals surface area contributed by atoms with E-state index in [4.69, 9.17) is 0 Å². The average Bonchev–Trinajstić information content (AvgIpc) is 2.40. The maximum Gasteiger partial charge on any atom is 0.0210 e. The standard InChI is InChI=1S/C17H27N/c1-13-9-10-14(2)17(11-13)12-18-15(3)16-7-5-4-6-8-16/h9-11,15-16,18H,4-8,12H2,1-3H3/t15-/m1/s1. The first-order chi connectivity index (χ1) is 8.66. The summed E-state index contributed by atoms with van der Waals surface area (Å²) in [6, 6.07) is 7.40. The molecule has 0 saturated heterocycles. The van der Waals surface area contributed by atoms with Crippen molar-refractivity contribution in [2.75, 3.05) is 0 Å². The van der Waals surface area contributed by atoms with Gasteiger partial charge in [-0.1, -0.05) is 43.0 Å². The molecule has 0 spiro atoms. The summed E-state index contributed by atoms with van der Waals surface area (Å²) in [6.07, 6.45) is 7.14. The zero-order valence-corrected chi connectivity index (χ0v) is 12.1. The first-order valence-corrected chi connectivity index (χ1v) is 7.46. The second-order valence-electron chi connectivity index (χ2n) is 6.00. The summed E-state index contributed by atoms with van der Waals surface area (Å²) < 4.78 is 0. The van der Waals surface area contributed by atoms with Crippen LogP contribution in [-0.2, 0) is 6.54 Å². The molecule has 1 fully saturated rings. The molecular formula is C17H27N. The van der Waals surface area contributed by atoms with Gasteiger partial charge in [-0.25, -0.2) is 0 Å². The number of rotatable bonds is 4. The molecule has 100 valence electrons. The Balaban J connectivity index is 1.88. The van der Waals surface area contributed by atoms with Crippen molar-refractivity contribution in [1.82, 2.24) is 5.32 Å². The molecule has 2 rings (SSSR count). The topological polar surface area (TPSA) is 12.0 Å². The zero-order chi connectivity index (χ0) is 13.0. The molecule has 1 aromatic carbocycles. The Morgan fingerprint density at radius 2 is 1.89 bits per heavy atom. The fourth-order valence-electron chi connectivity index (χ4n) is 3.06. The number of nitrogens with one attached hydrogen (secondary N) is 1. The van der Waals surface area contributed by atoms with Gasteiger partial charge in [0.05, 0.1) is 0 Å². The minimum atomic E-state index is 0.658. The van der Waals surface area contributed by atoms with E-state index in [0.717, 1.165) is 12.5 Å². The Kier molecular flexibility index (Phi) is 4.82. The van der Waals surface area contributed by atoms with Crippen LogP contribution in [0.2, 0.25) is 0 Å². The van der Waals surface area contributed by atoms with E-state index in [9.17, 15) is 0 Å². The maximum absolute atomic E-state index is 3.74. The van der Waals surface area contributed by atoms with E-state index < -0.39 is 0 Å². The molecule has 1 aliphatic carbocycles. The van der Waals surface area contributed by atoms with E-state index in [1.165, 1.54) is 48.8 Å². The number of hydrogen-bond donors (Lipinski definition) is 1. The van der Waals surface area contributed by atoms with Crippen molar-refractivity contribution in [1.29, 1.82) is 0 Å². The Labute approximate surface area is 112 Å². The van der Waals surface area contributed by atoms with Crippen molar-refractivity contribution in [3.63, 3.8) is 0 Å². The van der Waals surface area contributed by atoms with Crippen molar-refractivity contribution < 1.29 is 0 Å². The zero-order valence-electron chi connectivity index (χ0n) is 12.1. The minimum Gasteiger partial charge on any atom is -0.310 e. The molecule has 0 amide bonds. The minimum absolute atomic E-state index is 0.658. The Hall–Kier alpha value is -0.820. The van der Waals surface area contributed by atoms with Crippen LogP contribution in [0.3, 0.4) is 0 Å². The van der Waals surface area contributed by atoms with Crippen LogP contribution in [0.5, 0.6) is 0 Å². The lowest BCUT2D eigenvalue weighted by Gasteiger charge is -2.28. The molecule has 1 saturated carbocycles. The molecule has 0 heterocycles. The second kappa shape index (κ2) is 6.38. The van der Waals surface area contributed by atoms with E-state index in [1.54, 1.807) is 0 Å². The fourth-order valence-corrected chi connectivity index (χ4v) is 3.06. The summed E-state index contributed by atoms with van der Waals surface area (Å²) in [5, 5.41) is 3.74. The quantitative estimate of drug-likeness (QED) is 0.831. The van der Waals surface area contributed by atoms with Crippen molar-refractivity contribution >= 4 is 0 Å². The lowest BCUT2D eigenvalue weighted by Crippen LogP contribution is -2.34. The molecule has 0 radical (unpaired) electrons. The molecule has 1 atom stereocenters. The summed E-state index contributed by atoms with van der Waals surface area (Å²) in [5.74, 6) is 0.892. The monoisotopic (exact) mass is 245 g/mol. The molecule has 1 heteroatoms. The highest BCUT2D eigenvalue weighted by Gasteiger charge is 2.19. The van der Waals surface area contributed by atoms with Crippen LogP contribution < -0.4 is 5.32 Å². The Morgan fingerprint density at radius 3 is 2.61 bits per heavy atom. The van der Waals surface area contributed by atoms with Gasteiger partial charge in [-0.2, -0.15) is 0 Å². The Morgan fingerprint density at radius 1 is 1.17 bits per heavy atom. The summed E-state index contributed by atoms with van der Waals surface area (Å²) in [6.45, 7) is 7.77. The van der Waals surface area contributed by atoms with Gasteiger partial charge in [-0.05, 0) is 50.7 Å². The first-order valence-electron chi connectivity index (χ1n) is 7.46. The Bertz CT molecular complexity index is 377. The summed E-state index contributed by atoms with van der Waals surface area (Å²) in [5.41, 5.74) is 4.23. The number of aryl methyl sites for hydroxylation is 2. The van der Waals surface area contributed by atoms with Crippen LogP contribution in [0.15, 0.2) is 18.2 Å². The molecule has 1 N–H and O–H groups in total. The third-order valence-electron chi connectivity index (χ3n) is 4.48. The van der Waals surface area contributed by atoms with Gasteiger partial charge in [-0.3, -0.25) is 0 Å². The highest BCUT2D eigenvalue weighted by molar-refractivity contribution is 5.30. The summed E-state index contributed by atoms with van der Waals surface area (Å²) in [7, 11) is 0. The van der Waals surface area contributed by atoms with Gasteiger partial charge in [0.1, 0.15) is 0 Å². The molecule has 18 heavy (non-hydrogen) atoms. The molecule has 0 bridgehead atoms. The van der Waals surface area contributed by atoms with E-state index in [-0.39, 0.29) is 0 Å². The molecule has 0 unspecified atom stereocenters. The second-order valence-corrected chi connectivity index (χ2v) is 6.00. The van der Waals surface area contributed by atoms with Gasteiger partial charge in [0, 0.05) is 12.6 Å². The summed E-state index contributed by atoms with van der Waals surface area (Å²) in [4.78, 5) is 0. The smallest absolute Gasteiger partial charge is 0.0210 e. The highest BCUT2D eigenvalue weighted by Crippen LogP contribution is 2.26. The van der Waals surface area contributed by atoms with Gasteiger partial charge >= 0.3 is 0 Å². The molecule has 1 nitrogen and oxygen atoms in total. The van der Waals surface area contributed by atoms with Crippen LogP contribution in [0.1, 0.15) is 55.7 Å². The van der Waals surface area contributed by atoms with Crippen molar-refractivity contribution in [3.05, 3.63) is 34.9 Å².